The van der Waals surface area contributed by atoms with E-state index in [2.05, 4.69) is 69.4 Å². The van der Waals surface area contributed by atoms with Gasteiger partial charge in [-0.3, -0.25) is 0 Å². The smallest absolute Gasteiger partial charge is 0.244 e. The Morgan fingerprint density at radius 2 is 1.56 bits per heavy atom. The standard InChI is InChI=1S/C19H37N2.C2H4O2/c1-7-8-9-10-11-12-13-20-14-15-21(17-20)19(5,6)16-18(2,3)4;1-2(3)4/h14-15,17H,7-13,16H2,1-6H3;1H3,(H,3,4)/q+1;/p-1. The fraction of sp³-hybridized carbons (Fsp3) is 0.810. The minimum absolute atomic E-state index is 0.185. The van der Waals surface area contributed by atoms with Crippen LogP contribution in [0.15, 0.2) is 18.7 Å². The topological polar surface area (TPSA) is 48.9 Å². The van der Waals surface area contributed by atoms with Crippen molar-refractivity contribution in [1.29, 1.82) is 0 Å². The van der Waals surface area contributed by atoms with Crippen molar-refractivity contribution in [1.82, 2.24) is 4.57 Å². The first-order chi connectivity index (χ1) is 11.5. The second kappa shape index (κ2) is 11.3. The Hall–Kier alpha value is -1.32. The maximum Gasteiger partial charge on any atom is 0.244 e. The Labute approximate surface area is 155 Å². The van der Waals surface area contributed by atoms with Crippen molar-refractivity contribution in [3.8, 4) is 0 Å². The molecule has 0 radical (unpaired) electrons. The van der Waals surface area contributed by atoms with Gasteiger partial charge in [0, 0.05) is 5.97 Å². The Morgan fingerprint density at radius 3 is 2.08 bits per heavy atom. The minimum Gasteiger partial charge on any atom is -0.550 e. The fourth-order valence-electron chi connectivity index (χ4n) is 3.35. The van der Waals surface area contributed by atoms with E-state index in [9.17, 15) is 0 Å². The number of carboxylic acids is 1. The van der Waals surface area contributed by atoms with Crippen LogP contribution < -0.4 is 9.67 Å². The number of aromatic nitrogens is 2. The van der Waals surface area contributed by atoms with Crippen LogP contribution in [0.1, 0.15) is 93.4 Å². The number of rotatable bonds is 9. The van der Waals surface area contributed by atoms with Crippen molar-refractivity contribution in [3.63, 3.8) is 0 Å². The number of hydrogen-bond donors (Lipinski definition) is 0. The summed E-state index contributed by atoms with van der Waals surface area (Å²) in [5.74, 6) is -1.08. The zero-order valence-electron chi connectivity index (χ0n) is 17.6. The van der Waals surface area contributed by atoms with E-state index in [-0.39, 0.29) is 5.54 Å². The molecule has 4 nitrogen and oxygen atoms in total. The number of nitrogens with zero attached hydrogens (tertiary/aromatic N) is 2. The number of aliphatic carboxylic acids is 1. The molecule has 0 spiro atoms. The molecule has 0 N–H and O–H groups in total. The molecule has 0 bridgehead atoms. The molecule has 0 fully saturated rings. The summed E-state index contributed by atoms with van der Waals surface area (Å²) >= 11 is 0. The van der Waals surface area contributed by atoms with Crippen molar-refractivity contribution in [3.05, 3.63) is 18.7 Å². The van der Waals surface area contributed by atoms with Gasteiger partial charge in [0.05, 0.1) is 6.54 Å². The van der Waals surface area contributed by atoms with Crippen LogP contribution in [0, 0.1) is 5.41 Å². The SMILES string of the molecule is CC(=O)[O-].CCCCCCCC[n+]1ccn(C(C)(C)CC(C)(C)C)c1. The largest absolute Gasteiger partial charge is 0.550 e. The van der Waals surface area contributed by atoms with E-state index < -0.39 is 5.97 Å². The Bertz CT molecular complexity index is 480. The lowest BCUT2D eigenvalue weighted by molar-refractivity contribution is -0.697. The van der Waals surface area contributed by atoms with Gasteiger partial charge in [-0.2, -0.15) is 0 Å². The van der Waals surface area contributed by atoms with Gasteiger partial charge < -0.3 is 9.90 Å². The molecule has 25 heavy (non-hydrogen) atoms. The summed E-state index contributed by atoms with van der Waals surface area (Å²) in [7, 11) is 0. The first-order valence-electron chi connectivity index (χ1n) is 9.73. The first-order valence-corrected chi connectivity index (χ1v) is 9.73. The summed E-state index contributed by atoms with van der Waals surface area (Å²) in [6.45, 7) is 16.1. The summed E-state index contributed by atoms with van der Waals surface area (Å²) in [4.78, 5) is 8.89. The predicted octanol–water partition coefficient (Wildman–Crippen LogP) is 4.06. The molecule has 0 aliphatic heterocycles. The number of carbonyl (C=O) groups excluding carboxylic acids is 1. The van der Waals surface area contributed by atoms with Gasteiger partial charge in [0.25, 0.3) is 0 Å². The van der Waals surface area contributed by atoms with Gasteiger partial charge in [-0.25, -0.2) is 9.13 Å². The highest BCUT2D eigenvalue weighted by Crippen LogP contribution is 2.31. The van der Waals surface area contributed by atoms with Crippen LogP contribution in [-0.2, 0) is 16.9 Å². The molecule has 0 aliphatic rings. The van der Waals surface area contributed by atoms with Crippen LogP contribution in [0.3, 0.4) is 0 Å². The summed E-state index contributed by atoms with van der Waals surface area (Å²) in [5.41, 5.74) is 0.544. The molecule has 0 unspecified atom stereocenters. The minimum atomic E-state index is -1.08. The predicted molar refractivity (Wildman–Crippen MR) is 102 cm³/mol. The highest BCUT2D eigenvalue weighted by Gasteiger charge is 2.31. The molecule has 0 aromatic carbocycles. The van der Waals surface area contributed by atoms with E-state index >= 15 is 0 Å². The normalized spacial score (nSPS) is 11.8. The van der Waals surface area contributed by atoms with Gasteiger partial charge >= 0.3 is 0 Å². The lowest BCUT2D eigenvalue weighted by atomic mass is 9.82. The zero-order valence-corrected chi connectivity index (χ0v) is 17.6. The molecular weight excluding hydrogens is 312 g/mol. The third-order valence-corrected chi connectivity index (χ3v) is 4.12. The Kier molecular flexibility index (Phi) is 10.7. The van der Waals surface area contributed by atoms with E-state index in [1.54, 1.807) is 0 Å². The quantitative estimate of drug-likeness (QED) is 0.497. The first kappa shape index (κ1) is 23.7. The molecule has 0 atom stereocenters. The summed E-state index contributed by atoms with van der Waals surface area (Å²) < 4.78 is 4.74. The average Bonchev–Trinajstić information content (AvgIpc) is 2.89. The van der Waals surface area contributed by atoms with Gasteiger partial charge in [-0.15, -0.1) is 0 Å². The van der Waals surface area contributed by atoms with E-state index in [1.807, 2.05) is 0 Å². The molecule has 0 aliphatic carbocycles. The molecule has 1 heterocycles. The zero-order chi connectivity index (χ0) is 19.5. The Morgan fingerprint density at radius 1 is 1.04 bits per heavy atom. The van der Waals surface area contributed by atoms with Crippen molar-refractivity contribution in [2.75, 3.05) is 0 Å². The third-order valence-electron chi connectivity index (χ3n) is 4.12. The van der Waals surface area contributed by atoms with Gasteiger partial charge in [0.15, 0.2) is 0 Å². The van der Waals surface area contributed by atoms with Crippen LogP contribution in [0.4, 0.5) is 0 Å². The summed E-state index contributed by atoms with van der Waals surface area (Å²) in [6.07, 6.45) is 16.1. The average molecular weight is 353 g/mol. The molecule has 1 rings (SSSR count). The molecule has 0 saturated carbocycles. The number of unbranched alkanes of at least 4 members (excludes halogenated alkanes) is 5. The molecule has 0 amide bonds. The van der Waals surface area contributed by atoms with E-state index in [0.717, 1.165) is 13.5 Å². The molecule has 1 aromatic heterocycles. The molecule has 146 valence electrons. The van der Waals surface area contributed by atoms with Gasteiger partial charge in [0.2, 0.25) is 6.33 Å². The van der Waals surface area contributed by atoms with Crippen molar-refractivity contribution in [2.24, 2.45) is 5.41 Å². The third kappa shape index (κ3) is 12.7. The van der Waals surface area contributed by atoms with Crippen LogP contribution >= 0.6 is 0 Å². The monoisotopic (exact) mass is 352 g/mol. The van der Waals surface area contributed by atoms with Gasteiger partial charge in [0.1, 0.15) is 17.9 Å². The lowest BCUT2D eigenvalue weighted by Crippen LogP contribution is -2.35. The number of hydrogen-bond acceptors (Lipinski definition) is 2. The number of aryl methyl sites for hydroxylation is 1. The fourth-order valence-corrected chi connectivity index (χ4v) is 3.35. The molecular formula is C21H40N2O2. The second-order valence-electron chi connectivity index (χ2n) is 8.87. The number of carbonyl (C=O) groups is 1. The van der Waals surface area contributed by atoms with Crippen LogP contribution in [0.2, 0.25) is 0 Å². The maximum absolute atomic E-state index is 8.89. The van der Waals surface area contributed by atoms with Crippen LogP contribution in [-0.4, -0.2) is 10.5 Å². The number of carboxylic acid groups (broad SMARTS) is 1. The van der Waals surface area contributed by atoms with Crippen LogP contribution in [0.5, 0.6) is 0 Å². The van der Waals surface area contributed by atoms with Crippen molar-refractivity contribution in [2.45, 2.75) is 105 Å². The highest BCUT2D eigenvalue weighted by atomic mass is 16.4. The van der Waals surface area contributed by atoms with E-state index in [4.69, 9.17) is 9.90 Å². The lowest BCUT2D eigenvalue weighted by Gasteiger charge is -2.29. The molecule has 0 saturated heterocycles. The highest BCUT2D eigenvalue weighted by molar-refractivity contribution is 5.60. The van der Waals surface area contributed by atoms with Crippen molar-refractivity contribution < 1.29 is 14.5 Å². The maximum atomic E-state index is 8.89. The summed E-state index contributed by atoms with van der Waals surface area (Å²) in [5, 5.41) is 8.89. The number of imidazole rings is 1. The van der Waals surface area contributed by atoms with Gasteiger partial charge in [-0.1, -0.05) is 53.4 Å². The van der Waals surface area contributed by atoms with E-state index in [1.165, 1.54) is 44.9 Å². The van der Waals surface area contributed by atoms with Crippen LogP contribution in [0.25, 0.3) is 0 Å². The summed E-state index contributed by atoms with van der Waals surface area (Å²) in [6, 6.07) is 0. The second-order valence-corrected chi connectivity index (χ2v) is 8.87. The van der Waals surface area contributed by atoms with Gasteiger partial charge in [-0.05, 0) is 45.4 Å². The van der Waals surface area contributed by atoms with E-state index in [0.29, 0.717) is 5.41 Å². The van der Waals surface area contributed by atoms with Crippen molar-refractivity contribution >= 4 is 5.97 Å². The molecule has 4 heteroatoms. The Balaban J connectivity index is 0.00000129. The molecule has 1 aromatic rings.